The van der Waals surface area contributed by atoms with Crippen LogP contribution in [0.25, 0.3) is 0 Å². The monoisotopic (exact) mass is 432 g/mol. The Hall–Kier alpha value is -2.54. The molecular formula is C23H32N2O4S. The summed E-state index contributed by atoms with van der Waals surface area (Å²) in [6.45, 7) is 9.96. The number of aryl methyl sites for hydroxylation is 2. The molecule has 0 saturated heterocycles. The lowest BCUT2D eigenvalue weighted by Crippen LogP contribution is -2.29. The van der Waals surface area contributed by atoms with Crippen molar-refractivity contribution in [2.24, 2.45) is 0 Å². The third-order valence-corrected chi connectivity index (χ3v) is 6.55. The summed E-state index contributed by atoms with van der Waals surface area (Å²) >= 11 is 0. The van der Waals surface area contributed by atoms with Crippen LogP contribution in [0.2, 0.25) is 0 Å². The zero-order valence-corrected chi connectivity index (χ0v) is 19.8. The molecule has 0 saturated carbocycles. The fourth-order valence-electron chi connectivity index (χ4n) is 3.44. The summed E-state index contributed by atoms with van der Waals surface area (Å²) in [6.07, 6.45) is 1.14. The fraction of sp³-hybridized carbons (Fsp3) is 0.435. The first-order valence-electron chi connectivity index (χ1n) is 9.90. The van der Waals surface area contributed by atoms with Gasteiger partial charge in [-0.1, -0.05) is 19.9 Å². The Morgan fingerprint density at radius 2 is 1.67 bits per heavy atom. The number of nitrogens with zero attached hydrogens (tertiary/aromatic N) is 1. The molecule has 0 aliphatic carbocycles. The number of benzene rings is 2. The van der Waals surface area contributed by atoms with Gasteiger partial charge >= 0.3 is 0 Å². The van der Waals surface area contributed by atoms with E-state index in [1.165, 1.54) is 11.4 Å². The normalized spacial score (nSPS) is 12.6. The zero-order valence-electron chi connectivity index (χ0n) is 19.0. The minimum atomic E-state index is -3.42. The van der Waals surface area contributed by atoms with Crippen LogP contribution in [0.1, 0.15) is 65.3 Å². The van der Waals surface area contributed by atoms with Crippen LogP contribution >= 0.6 is 0 Å². The molecule has 2 aromatic carbocycles. The molecule has 7 heteroatoms. The van der Waals surface area contributed by atoms with Gasteiger partial charge in [-0.25, -0.2) is 8.42 Å². The maximum absolute atomic E-state index is 12.9. The van der Waals surface area contributed by atoms with Crippen LogP contribution in [-0.4, -0.2) is 34.7 Å². The number of nitrogens with one attached hydrogen (secondary N) is 1. The first kappa shape index (κ1) is 23.7. The Labute approximate surface area is 180 Å². The smallest absolute Gasteiger partial charge is 0.251 e. The van der Waals surface area contributed by atoms with E-state index in [2.05, 4.69) is 25.2 Å². The van der Waals surface area contributed by atoms with E-state index in [0.717, 1.165) is 34.3 Å². The van der Waals surface area contributed by atoms with E-state index in [-0.39, 0.29) is 17.9 Å². The summed E-state index contributed by atoms with van der Waals surface area (Å²) in [5.41, 5.74) is 4.82. The molecule has 0 aliphatic rings. The first-order valence-corrected chi connectivity index (χ1v) is 11.8. The standard InChI is InChI=1S/C23H32N2O4S/c1-14(2)19-13-20(16(4)11-22(19)29-7)17(5)24-23(26)18-10-9-15(3)21(12-18)25(6)30(8,27)28/h9-14,17H,1-8H3,(H,24,26)/t17-/m0/s1. The molecule has 0 bridgehead atoms. The van der Waals surface area contributed by atoms with E-state index in [4.69, 9.17) is 4.74 Å². The largest absolute Gasteiger partial charge is 0.496 e. The molecule has 0 heterocycles. The van der Waals surface area contributed by atoms with Gasteiger partial charge in [0, 0.05) is 12.6 Å². The maximum atomic E-state index is 12.9. The van der Waals surface area contributed by atoms with Crippen LogP contribution in [0, 0.1) is 13.8 Å². The van der Waals surface area contributed by atoms with Gasteiger partial charge in [-0.3, -0.25) is 9.10 Å². The first-order chi connectivity index (χ1) is 13.9. The number of sulfonamides is 1. The quantitative estimate of drug-likeness (QED) is 0.707. The number of hydrogen-bond acceptors (Lipinski definition) is 4. The highest BCUT2D eigenvalue weighted by Gasteiger charge is 2.20. The van der Waals surface area contributed by atoms with Crippen molar-refractivity contribution >= 4 is 21.6 Å². The second-order valence-corrected chi connectivity index (χ2v) is 10.0. The number of anilines is 1. The van der Waals surface area contributed by atoms with E-state index in [1.54, 1.807) is 25.3 Å². The van der Waals surface area contributed by atoms with Gasteiger partial charge in [0.2, 0.25) is 10.0 Å². The molecule has 2 rings (SSSR count). The number of carbonyl (C=O) groups excluding carboxylic acids is 1. The molecule has 0 aliphatic heterocycles. The molecule has 6 nitrogen and oxygen atoms in total. The van der Waals surface area contributed by atoms with Crippen molar-refractivity contribution in [3.05, 3.63) is 58.1 Å². The van der Waals surface area contributed by atoms with Crippen molar-refractivity contribution in [2.75, 3.05) is 24.7 Å². The van der Waals surface area contributed by atoms with Gasteiger partial charge in [0.25, 0.3) is 5.91 Å². The highest BCUT2D eigenvalue weighted by Crippen LogP contribution is 2.32. The summed E-state index contributed by atoms with van der Waals surface area (Å²) < 4.78 is 30.5. The molecule has 1 atom stereocenters. The number of methoxy groups -OCH3 is 1. The lowest BCUT2D eigenvalue weighted by molar-refractivity contribution is 0.0940. The Kier molecular flexibility index (Phi) is 7.18. The Morgan fingerprint density at radius 1 is 1.03 bits per heavy atom. The van der Waals surface area contributed by atoms with Crippen LogP contribution in [0.3, 0.4) is 0 Å². The molecule has 1 N–H and O–H groups in total. The van der Waals surface area contributed by atoms with Crippen molar-refractivity contribution in [3.63, 3.8) is 0 Å². The van der Waals surface area contributed by atoms with Gasteiger partial charge in [0.1, 0.15) is 5.75 Å². The van der Waals surface area contributed by atoms with E-state index >= 15 is 0 Å². The van der Waals surface area contributed by atoms with Crippen LogP contribution in [0.15, 0.2) is 30.3 Å². The van der Waals surface area contributed by atoms with E-state index in [0.29, 0.717) is 11.3 Å². The minimum absolute atomic E-state index is 0.224. The molecule has 1 amide bonds. The number of ether oxygens (including phenoxy) is 1. The summed E-state index contributed by atoms with van der Waals surface area (Å²) in [7, 11) is -0.279. The molecule has 164 valence electrons. The van der Waals surface area contributed by atoms with Crippen LogP contribution in [-0.2, 0) is 10.0 Å². The summed E-state index contributed by atoms with van der Waals surface area (Å²) in [4.78, 5) is 12.9. The second-order valence-electron chi connectivity index (χ2n) is 8.03. The molecule has 0 radical (unpaired) electrons. The highest BCUT2D eigenvalue weighted by molar-refractivity contribution is 7.92. The van der Waals surface area contributed by atoms with Gasteiger partial charge in [-0.2, -0.15) is 0 Å². The predicted octanol–water partition coefficient (Wildman–Crippen LogP) is 4.32. The van der Waals surface area contributed by atoms with Crippen molar-refractivity contribution in [1.29, 1.82) is 0 Å². The second kappa shape index (κ2) is 9.08. The third kappa shape index (κ3) is 5.14. The molecule has 0 fully saturated rings. The summed E-state index contributed by atoms with van der Waals surface area (Å²) in [6, 6.07) is 8.93. The molecule has 30 heavy (non-hydrogen) atoms. The van der Waals surface area contributed by atoms with Crippen LogP contribution in [0.5, 0.6) is 5.75 Å². The van der Waals surface area contributed by atoms with E-state index in [1.807, 2.05) is 26.8 Å². The number of hydrogen-bond donors (Lipinski definition) is 1. The topological polar surface area (TPSA) is 75.7 Å². The molecule has 0 unspecified atom stereocenters. The Balaban J connectivity index is 2.34. The Bertz CT molecular complexity index is 1050. The average Bonchev–Trinajstić information content (AvgIpc) is 2.66. The van der Waals surface area contributed by atoms with Crippen molar-refractivity contribution in [2.45, 2.75) is 46.6 Å². The molecule has 2 aromatic rings. The van der Waals surface area contributed by atoms with E-state index in [9.17, 15) is 13.2 Å². The predicted molar refractivity (Wildman–Crippen MR) is 122 cm³/mol. The number of rotatable bonds is 7. The lowest BCUT2D eigenvalue weighted by atomic mass is 9.93. The van der Waals surface area contributed by atoms with Crippen molar-refractivity contribution < 1.29 is 17.9 Å². The zero-order chi connectivity index (χ0) is 22.8. The molecule has 0 aromatic heterocycles. The number of carbonyl (C=O) groups is 1. The van der Waals surface area contributed by atoms with Gasteiger partial charge in [0.05, 0.1) is 25.1 Å². The van der Waals surface area contributed by atoms with Crippen molar-refractivity contribution in [1.82, 2.24) is 5.32 Å². The fourth-order valence-corrected chi connectivity index (χ4v) is 3.99. The maximum Gasteiger partial charge on any atom is 0.251 e. The third-order valence-electron chi connectivity index (χ3n) is 5.36. The SMILES string of the molecule is COc1cc(C)c([C@H](C)NC(=O)c2ccc(C)c(N(C)S(C)(=O)=O)c2)cc1C(C)C. The van der Waals surface area contributed by atoms with Gasteiger partial charge in [-0.15, -0.1) is 0 Å². The number of amides is 1. The van der Waals surface area contributed by atoms with Gasteiger partial charge < -0.3 is 10.1 Å². The summed E-state index contributed by atoms with van der Waals surface area (Å²) in [5, 5.41) is 3.03. The van der Waals surface area contributed by atoms with Crippen LogP contribution < -0.4 is 14.4 Å². The lowest BCUT2D eigenvalue weighted by Gasteiger charge is -2.22. The molecule has 0 spiro atoms. The molecular weight excluding hydrogens is 400 g/mol. The summed E-state index contributed by atoms with van der Waals surface area (Å²) in [5.74, 6) is 0.872. The Morgan fingerprint density at radius 3 is 2.20 bits per heavy atom. The highest BCUT2D eigenvalue weighted by atomic mass is 32.2. The van der Waals surface area contributed by atoms with Gasteiger partial charge in [0.15, 0.2) is 0 Å². The van der Waals surface area contributed by atoms with Crippen molar-refractivity contribution in [3.8, 4) is 5.75 Å². The van der Waals surface area contributed by atoms with E-state index < -0.39 is 10.0 Å². The van der Waals surface area contributed by atoms with Gasteiger partial charge in [-0.05, 0) is 73.2 Å². The minimum Gasteiger partial charge on any atom is -0.496 e. The van der Waals surface area contributed by atoms with Crippen LogP contribution in [0.4, 0.5) is 5.69 Å². The average molecular weight is 433 g/mol.